The molecule has 2 N–H and O–H groups in total. The molecule has 0 radical (unpaired) electrons. The van der Waals surface area contributed by atoms with Gasteiger partial charge in [-0.3, -0.25) is 9.59 Å². The number of carbonyl (C=O) groups is 2. The maximum Gasteiger partial charge on any atom is 0.313 e. The molecule has 0 saturated heterocycles. The summed E-state index contributed by atoms with van der Waals surface area (Å²) in [5, 5.41) is 4.99. The van der Waals surface area contributed by atoms with E-state index in [4.69, 9.17) is 14.2 Å². The van der Waals surface area contributed by atoms with E-state index in [1.807, 2.05) is 0 Å². The van der Waals surface area contributed by atoms with Gasteiger partial charge in [-0.2, -0.15) is 0 Å². The van der Waals surface area contributed by atoms with Crippen LogP contribution in [-0.4, -0.2) is 46.3 Å². The summed E-state index contributed by atoms with van der Waals surface area (Å²) in [5.74, 6) is -0.488. The fourth-order valence-electron chi connectivity index (χ4n) is 1.59. The first-order valence-corrected chi connectivity index (χ1v) is 6.42. The summed E-state index contributed by atoms with van der Waals surface area (Å²) in [5.41, 5.74) is 0.369. The molecule has 0 aliphatic carbocycles. The average molecular weight is 296 g/mol. The van der Waals surface area contributed by atoms with Crippen LogP contribution in [0, 0.1) is 0 Å². The number of hydrogen-bond acceptors (Lipinski definition) is 5. The number of benzene rings is 1. The van der Waals surface area contributed by atoms with Crippen LogP contribution in [0.25, 0.3) is 0 Å². The van der Waals surface area contributed by atoms with Crippen molar-refractivity contribution in [1.29, 1.82) is 0 Å². The smallest absolute Gasteiger partial charge is 0.313 e. The number of rotatable bonds is 7. The van der Waals surface area contributed by atoms with E-state index in [2.05, 4.69) is 10.6 Å². The molecule has 0 atom stereocenters. The Labute approximate surface area is 123 Å². The lowest BCUT2D eigenvalue weighted by atomic mass is 10.2. The van der Waals surface area contributed by atoms with Crippen LogP contribution in [0.15, 0.2) is 18.2 Å². The van der Waals surface area contributed by atoms with Gasteiger partial charge in [-0.1, -0.05) is 0 Å². The molecule has 7 nitrogen and oxygen atoms in total. The fourth-order valence-corrected chi connectivity index (χ4v) is 1.59. The molecule has 2 amide bonds. The van der Waals surface area contributed by atoms with E-state index in [0.717, 1.165) is 0 Å². The Kier molecular flexibility index (Phi) is 7.03. The second kappa shape index (κ2) is 8.80. The van der Waals surface area contributed by atoms with Gasteiger partial charge in [-0.15, -0.1) is 0 Å². The summed E-state index contributed by atoms with van der Waals surface area (Å²) in [4.78, 5) is 23.4. The first-order chi connectivity index (χ1) is 10.1. The molecule has 0 aliphatic rings. The minimum absolute atomic E-state index is 0.369. The highest BCUT2D eigenvalue weighted by Gasteiger charge is 2.15. The Hall–Kier alpha value is -2.28. The van der Waals surface area contributed by atoms with E-state index in [1.165, 1.54) is 14.2 Å². The predicted octanol–water partition coefficient (Wildman–Crippen LogP) is 0.795. The van der Waals surface area contributed by atoms with Gasteiger partial charge in [0.15, 0.2) is 0 Å². The largest absolute Gasteiger partial charge is 0.497 e. The van der Waals surface area contributed by atoms with E-state index in [-0.39, 0.29) is 0 Å². The summed E-state index contributed by atoms with van der Waals surface area (Å²) < 4.78 is 15.0. The average Bonchev–Trinajstić information content (AvgIpc) is 2.51. The van der Waals surface area contributed by atoms with Gasteiger partial charge in [0, 0.05) is 26.3 Å². The van der Waals surface area contributed by atoms with Crippen LogP contribution < -0.4 is 20.1 Å². The topological polar surface area (TPSA) is 85.9 Å². The molecule has 1 rings (SSSR count). The van der Waals surface area contributed by atoms with Crippen molar-refractivity contribution in [3.05, 3.63) is 18.2 Å². The highest BCUT2D eigenvalue weighted by molar-refractivity contribution is 6.39. The van der Waals surface area contributed by atoms with Gasteiger partial charge in [0.2, 0.25) is 0 Å². The predicted molar refractivity (Wildman–Crippen MR) is 77.7 cm³/mol. The molecule has 0 heterocycles. The molecule has 0 spiro atoms. The monoisotopic (exact) mass is 296 g/mol. The fraction of sp³-hybridized carbons (Fsp3) is 0.429. The Balaban J connectivity index is 2.62. The zero-order chi connectivity index (χ0) is 15.7. The second-order valence-electron chi connectivity index (χ2n) is 4.12. The Morgan fingerprint density at radius 3 is 2.48 bits per heavy atom. The van der Waals surface area contributed by atoms with Gasteiger partial charge in [0.1, 0.15) is 11.5 Å². The van der Waals surface area contributed by atoms with Gasteiger partial charge < -0.3 is 24.8 Å². The van der Waals surface area contributed by atoms with Gasteiger partial charge in [-0.25, -0.2) is 0 Å². The number of methoxy groups -OCH3 is 3. The number of carbonyl (C=O) groups excluding carboxylic acids is 2. The molecule has 0 aromatic heterocycles. The first-order valence-electron chi connectivity index (χ1n) is 6.42. The zero-order valence-electron chi connectivity index (χ0n) is 12.4. The van der Waals surface area contributed by atoms with Gasteiger partial charge >= 0.3 is 11.8 Å². The SMILES string of the molecule is COCCCNC(=O)C(=O)Nc1cc(OC)ccc1OC. The molecule has 0 bridgehead atoms. The van der Waals surface area contributed by atoms with Crippen molar-refractivity contribution in [2.75, 3.05) is 39.8 Å². The molecule has 0 aliphatic heterocycles. The third kappa shape index (κ3) is 5.31. The summed E-state index contributed by atoms with van der Waals surface area (Å²) in [7, 11) is 4.56. The number of ether oxygens (including phenoxy) is 3. The van der Waals surface area contributed by atoms with E-state index in [1.54, 1.807) is 25.3 Å². The van der Waals surface area contributed by atoms with E-state index >= 15 is 0 Å². The highest BCUT2D eigenvalue weighted by atomic mass is 16.5. The number of nitrogens with one attached hydrogen (secondary N) is 2. The van der Waals surface area contributed by atoms with E-state index < -0.39 is 11.8 Å². The first kappa shape index (κ1) is 16.8. The van der Waals surface area contributed by atoms with Crippen LogP contribution in [0.1, 0.15) is 6.42 Å². The number of amides is 2. The number of hydrogen-bond donors (Lipinski definition) is 2. The van der Waals surface area contributed by atoms with Crippen molar-refractivity contribution < 1.29 is 23.8 Å². The van der Waals surface area contributed by atoms with Crippen molar-refractivity contribution in [2.24, 2.45) is 0 Å². The summed E-state index contributed by atoms with van der Waals surface area (Å²) >= 11 is 0. The minimum Gasteiger partial charge on any atom is -0.497 e. The Morgan fingerprint density at radius 2 is 1.86 bits per heavy atom. The van der Waals surface area contributed by atoms with Crippen LogP contribution in [0.3, 0.4) is 0 Å². The van der Waals surface area contributed by atoms with Crippen molar-refractivity contribution in [3.63, 3.8) is 0 Å². The molecular weight excluding hydrogens is 276 g/mol. The van der Waals surface area contributed by atoms with Crippen molar-refractivity contribution in [3.8, 4) is 11.5 Å². The number of anilines is 1. The lowest BCUT2D eigenvalue weighted by molar-refractivity contribution is -0.136. The highest BCUT2D eigenvalue weighted by Crippen LogP contribution is 2.28. The molecule has 7 heteroatoms. The van der Waals surface area contributed by atoms with Crippen molar-refractivity contribution in [2.45, 2.75) is 6.42 Å². The van der Waals surface area contributed by atoms with Crippen molar-refractivity contribution in [1.82, 2.24) is 5.32 Å². The van der Waals surface area contributed by atoms with Crippen molar-refractivity contribution >= 4 is 17.5 Å². The lowest BCUT2D eigenvalue weighted by Gasteiger charge is -2.11. The third-order valence-electron chi connectivity index (χ3n) is 2.67. The zero-order valence-corrected chi connectivity index (χ0v) is 12.4. The summed E-state index contributed by atoms with van der Waals surface area (Å²) in [6, 6.07) is 4.92. The molecule has 0 fully saturated rings. The molecule has 0 unspecified atom stereocenters. The van der Waals surface area contributed by atoms with Gasteiger partial charge in [0.25, 0.3) is 0 Å². The normalized spacial score (nSPS) is 9.86. The molecular formula is C14H20N2O5. The molecule has 0 saturated carbocycles. The van der Waals surface area contributed by atoms with Crippen LogP contribution in [-0.2, 0) is 14.3 Å². The summed E-state index contributed by atoms with van der Waals surface area (Å²) in [6.07, 6.45) is 0.637. The summed E-state index contributed by atoms with van der Waals surface area (Å²) in [6.45, 7) is 0.890. The van der Waals surface area contributed by atoms with Crippen LogP contribution in [0.4, 0.5) is 5.69 Å². The Bertz CT molecular complexity index is 490. The van der Waals surface area contributed by atoms with Gasteiger partial charge in [0.05, 0.1) is 19.9 Å². The molecule has 116 valence electrons. The van der Waals surface area contributed by atoms with Crippen LogP contribution >= 0.6 is 0 Å². The van der Waals surface area contributed by atoms with Crippen LogP contribution in [0.2, 0.25) is 0 Å². The maximum absolute atomic E-state index is 11.8. The quantitative estimate of drug-likeness (QED) is 0.574. The van der Waals surface area contributed by atoms with E-state index in [0.29, 0.717) is 36.8 Å². The maximum atomic E-state index is 11.8. The third-order valence-corrected chi connectivity index (χ3v) is 2.67. The molecule has 1 aromatic rings. The second-order valence-corrected chi connectivity index (χ2v) is 4.12. The molecule has 1 aromatic carbocycles. The van der Waals surface area contributed by atoms with Crippen LogP contribution in [0.5, 0.6) is 11.5 Å². The van der Waals surface area contributed by atoms with Gasteiger partial charge in [-0.05, 0) is 18.6 Å². The van der Waals surface area contributed by atoms with E-state index in [9.17, 15) is 9.59 Å². The standard InChI is InChI=1S/C14H20N2O5/c1-19-8-4-7-15-13(17)14(18)16-11-9-10(20-2)5-6-12(11)21-3/h5-6,9H,4,7-8H2,1-3H3,(H,15,17)(H,16,18). The Morgan fingerprint density at radius 1 is 1.10 bits per heavy atom. The molecule has 21 heavy (non-hydrogen) atoms. The lowest BCUT2D eigenvalue weighted by Crippen LogP contribution is -2.36. The minimum atomic E-state index is -0.765.